The maximum absolute atomic E-state index is 12.7. The van der Waals surface area contributed by atoms with Crippen LogP contribution in [0.15, 0.2) is 54.9 Å². The van der Waals surface area contributed by atoms with Gasteiger partial charge < -0.3 is 25.0 Å². The Morgan fingerprint density at radius 1 is 1.15 bits per heavy atom. The van der Waals surface area contributed by atoms with Gasteiger partial charge in [0, 0.05) is 41.5 Å². The van der Waals surface area contributed by atoms with Crippen molar-refractivity contribution in [3.05, 3.63) is 71.0 Å². The van der Waals surface area contributed by atoms with E-state index in [1.807, 2.05) is 45.0 Å². The van der Waals surface area contributed by atoms with E-state index in [9.17, 15) is 10.1 Å². The summed E-state index contributed by atoms with van der Waals surface area (Å²) < 4.78 is 11.7. The summed E-state index contributed by atoms with van der Waals surface area (Å²) in [4.78, 5) is 23.5. The molecule has 0 aliphatic rings. The maximum Gasteiger partial charge on any atom is 0.224 e. The van der Waals surface area contributed by atoms with Crippen molar-refractivity contribution >= 4 is 45.5 Å². The highest BCUT2D eigenvalue weighted by molar-refractivity contribution is 6.32. The molecule has 0 aliphatic carbocycles. The van der Waals surface area contributed by atoms with E-state index in [0.29, 0.717) is 69.0 Å². The van der Waals surface area contributed by atoms with E-state index in [0.717, 1.165) is 18.5 Å². The monoisotopic (exact) mass is 558 g/mol. The zero-order chi connectivity index (χ0) is 28.6. The largest absolute Gasteiger partial charge is 0.492 e. The number of aromatic nitrogens is 2. The lowest BCUT2D eigenvalue weighted by molar-refractivity contribution is -0.116. The fraction of sp³-hybridized carbons (Fsp3) is 0.267. The normalized spacial score (nSPS) is 10.8. The molecule has 2 aromatic carbocycles. The van der Waals surface area contributed by atoms with Crippen LogP contribution >= 0.6 is 11.6 Å². The number of ether oxygens (including phenoxy) is 2. The van der Waals surface area contributed by atoms with E-state index in [1.165, 1.54) is 6.20 Å². The molecule has 0 atom stereocenters. The number of benzene rings is 2. The van der Waals surface area contributed by atoms with Crippen LogP contribution in [0.4, 0.5) is 17.1 Å². The van der Waals surface area contributed by atoms with E-state index >= 15 is 0 Å². The quantitative estimate of drug-likeness (QED) is 0.210. The van der Waals surface area contributed by atoms with Crippen LogP contribution in [-0.4, -0.2) is 48.0 Å². The first-order chi connectivity index (χ1) is 19.3. The topological polar surface area (TPSA) is 112 Å². The molecule has 0 unspecified atom stereocenters. The predicted octanol–water partition coefficient (Wildman–Crippen LogP) is 6.68. The van der Waals surface area contributed by atoms with E-state index in [2.05, 4.69) is 26.7 Å². The third-order valence-corrected chi connectivity index (χ3v) is 6.34. The number of pyridine rings is 2. The summed E-state index contributed by atoms with van der Waals surface area (Å²) in [6.07, 6.45) is 4.25. The number of carbonyl (C=O) groups excluding carboxylic acids is 1. The van der Waals surface area contributed by atoms with Crippen molar-refractivity contribution in [1.82, 2.24) is 14.9 Å². The second-order valence-corrected chi connectivity index (χ2v) is 9.82. The van der Waals surface area contributed by atoms with Crippen molar-refractivity contribution in [1.29, 1.82) is 5.26 Å². The van der Waals surface area contributed by atoms with Crippen molar-refractivity contribution in [2.75, 3.05) is 37.9 Å². The number of nitriles is 1. The molecule has 1 amide bonds. The van der Waals surface area contributed by atoms with E-state index in [4.69, 9.17) is 21.1 Å². The maximum atomic E-state index is 12.7. The van der Waals surface area contributed by atoms with Gasteiger partial charge in [0.25, 0.3) is 0 Å². The Morgan fingerprint density at radius 3 is 2.67 bits per heavy atom. The molecular formula is C30H31ClN6O3. The van der Waals surface area contributed by atoms with Gasteiger partial charge in [-0.05, 0) is 71.2 Å². The van der Waals surface area contributed by atoms with Gasteiger partial charge in [-0.25, -0.2) is 4.98 Å². The summed E-state index contributed by atoms with van der Waals surface area (Å²) in [5.74, 6) is 1.31. The summed E-state index contributed by atoms with van der Waals surface area (Å²) >= 11 is 6.55. The molecule has 0 saturated heterocycles. The van der Waals surface area contributed by atoms with Gasteiger partial charge in [-0.15, -0.1) is 0 Å². The molecule has 10 heteroatoms. The molecule has 2 aromatic heterocycles. The molecule has 9 nitrogen and oxygen atoms in total. The summed E-state index contributed by atoms with van der Waals surface area (Å²) in [6.45, 7) is 5.00. The standard InChI is InChI=1S/C30H31ClN6O3/c1-5-39-27-16-24-22(15-25(27)36-28(38)9-7-13-37(3)4)29(20(17-32)18-34-24)35-21-10-11-26(23(31)14-21)40-30-19(2)8-6-12-33-30/h6,8,10-12,14-16,18H,5,7,9,13H2,1-4H3,(H,34,35)(H,36,38). The third kappa shape index (κ3) is 6.97. The first-order valence-corrected chi connectivity index (χ1v) is 13.3. The molecule has 0 aliphatic heterocycles. The lowest BCUT2D eigenvalue weighted by Gasteiger charge is -2.17. The Hall–Kier alpha value is -4.39. The van der Waals surface area contributed by atoms with Gasteiger partial charge in [0.1, 0.15) is 17.6 Å². The average Bonchev–Trinajstić information content (AvgIpc) is 2.92. The van der Waals surface area contributed by atoms with Gasteiger partial charge >= 0.3 is 0 Å². The molecule has 40 heavy (non-hydrogen) atoms. The van der Waals surface area contributed by atoms with Crippen molar-refractivity contribution in [3.63, 3.8) is 0 Å². The zero-order valence-electron chi connectivity index (χ0n) is 22.9. The van der Waals surface area contributed by atoms with Crippen LogP contribution in [0.5, 0.6) is 17.4 Å². The lowest BCUT2D eigenvalue weighted by Crippen LogP contribution is -2.17. The van der Waals surface area contributed by atoms with Crippen molar-refractivity contribution < 1.29 is 14.3 Å². The fourth-order valence-electron chi connectivity index (χ4n) is 4.07. The predicted molar refractivity (Wildman–Crippen MR) is 158 cm³/mol. The zero-order valence-corrected chi connectivity index (χ0v) is 23.7. The summed E-state index contributed by atoms with van der Waals surface area (Å²) in [5.41, 5.74) is 3.50. The molecule has 2 N–H and O–H groups in total. The number of amides is 1. The molecule has 0 spiro atoms. The van der Waals surface area contributed by atoms with Crippen LogP contribution in [0.25, 0.3) is 10.9 Å². The number of aryl methyl sites for hydroxylation is 1. The number of nitrogens with one attached hydrogen (secondary N) is 2. The van der Waals surface area contributed by atoms with Gasteiger partial charge in [-0.1, -0.05) is 17.7 Å². The van der Waals surface area contributed by atoms with Crippen LogP contribution in [0.2, 0.25) is 5.02 Å². The fourth-order valence-corrected chi connectivity index (χ4v) is 4.29. The van der Waals surface area contributed by atoms with Gasteiger partial charge in [-0.3, -0.25) is 9.78 Å². The Bertz CT molecular complexity index is 1570. The molecule has 0 saturated carbocycles. The number of rotatable bonds is 11. The number of nitrogens with zero attached hydrogens (tertiary/aromatic N) is 4. The first-order valence-electron chi connectivity index (χ1n) is 12.9. The van der Waals surface area contributed by atoms with Gasteiger partial charge in [0.2, 0.25) is 11.8 Å². The molecule has 206 valence electrons. The molecule has 0 bridgehead atoms. The van der Waals surface area contributed by atoms with Crippen LogP contribution in [0.3, 0.4) is 0 Å². The Balaban J connectivity index is 1.66. The number of hydrogen-bond donors (Lipinski definition) is 2. The Labute approximate surface area is 238 Å². The number of fused-ring (bicyclic) bond motifs is 1. The molecule has 4 aromatic rings. The molecule has 0 radical (unpaired) electrons. The molecule has 0 fully saturated rings. The number of carbonyl (C=O) groups is 1. The Kier molecular flexibility index (Phi) is 9.38. The van der Waals surface area contributed by atoms with Crippen LogP contribution < -0.4 is 20.1 Å². The van der Waals surface area contributed by atoms with Crippen LogP contribution in [0, 0.1) is 18.3 Å². The van der Waals surface area contributed by atoms with E-state index < -0.39 is 0 Å². The van der Waals surface area contributed by atoms with Crippen LogP contribution in [-0.2, 0) is 4.79 Å². The Morgan fingerprint density at radius 2 is 1.98 bits per heavy atom. The van der Waals surface area contributed by atoms with Gasteiger partial charge in [-0.2, -0.15) is 5.26 Å². The SMILES string of the molecule is CCOc1cc2ncc(C#N)c(Nc3ccc(Oc4ncccc4C)c(Cl)c3)c2cc1NC(=O)CCCN(C)C. The summed E-state index contributed by atoms with van der Waals surface area (Å²) in [5, 5.41) is 17.2. The highest BCUT2D eigenvalue weighted by Gasteiger charge is 2.16. The van der Waals surface area contributed by atoms with Gasteiger partial charge in [0.15, 0.2) is 0 Å². The molecule has 4 rings (SSSR count). The lowest BCUT2D eigenvalue weighted by atomic mass is 10.1. The smallest absolute Gasteiger partial charge is 0.224 e. The van der Waals surface area contributed by atoms with E-state index in [1.54, 1.807) is 36.5 Å². The number of hydrogen-bond acceptors (Lipinski definition) is 8. The average molecular weight is 559 g/mol. The first kappa shape index (κ1) is 28.6. The minimum atomic E-state index is -0.119. The minimum Gasteiger partial charge on any atom is -0.492 e. The second-order valence-electron chi connectivity index (χ2n) is 9.41. The summed E-state index contributed by atoms with van der Waals surface area (Å²) in [7, 11) is 3.94. The van der Waals surface area contributed by atoms with E-state index in [-0.39, 0.29) is 5.91 Å². The number of anilines is 3. The van der Waals surface area contributed by atoms with Crippen molar-refractivity contribution in [3.8, 4) is 23.4 Å². The van der Waals surface area contributed by atoms with Crippen LogP contribution in [0.1, 0.15) is 30.9 Å². The van der Waals surface area contributed by atoms with Crippen molar-refractivity contribution in [2.45, 2.75) is 26.7 Å². The highest BCUT2D eigenvalue weighted by atomic mass is 35.5. The van der Waals surface area contributed by atoms with Crippen molar-refractivity contribution in [2.24, 2.45) is 0 Å². The number of halogens is 1. The highest BCUT2D eigenvalue weighted by Crippen LogP contribution is 2.38. The van der Waals surface area contributed by atoms with Gasteiger partial charge in [0.05, 0.1) is 34.1 Å². The third-order valence-electron chi connectivity index (χ3n) is 6.04. The minimum absolute atomic E-state index is 0.119. The molecular weight excluding hydrogens is 528 g/mol. The summed E-state index contributed by atoms with van der Waals surface area (Å²) in [6, 6.07) is 14.7. The second kappa shape index (κ2) is 13.1. The molecule has 2 heterocycles.